The minimum absolute atomic E-state index is 0.216. The van der Waals surface area contributed by atoms with Gasteiger partial charge in [-0.1, -0.05) is 49.1 Å². The molecule has 0 bridgehead atoms. The summed E-state index contributed by atoms with van der Waals surface area (Å²) < 4.78 is 0. The zero-order valence-corrected chi connectivity index (χ0v) is 11.0. The SMILES string of the molecule is C=Cc1ccc(C=O)c(-c2ccc(CC(N)=O)cc2)c1. The highest BCUT2D eigenvalue weighted by Crippen LogP contribution is 2.25. The van der Waals surface area contributed by atoms with Gasteiger partial charge in [-0.05, 0) is 28.3 Å². The van der Waals surface area contributed by atoms with Crippen LogP contribution in [0.25, 0.3) is 17.2 Å². The minimum atomic E-state index is -0.361. The Bertz CT molecular complexity index is 657. The van der Waals surface area contributed by atoms with Gasteiger partial charge in [0.1, 0.15) is 0 Å². The van der Waals surface area contributed by atoms with E-state index in [0.29, 0.717) is 5.56 Å². The lowest BCUT2D eigenvalue weighted by Gasteiger charge is -2.07. The summed E-state index contributed by atoms with van der Waals surface area (Å²) in [7, 11) is 0. The highest BCUT2D eigenvalue weighted by Gasteiger charge is 2.06. The third-order valence-electron chi connectivity index (χ3n) is 3.08. The van der Waals surface area contributed by atoms with Gasteiger partial charge in [0.15, 0.2) is 6.29 Å². The number of carbonyl (C=O) groups excluding carboxylic acids is 2. The predicted molar refractivity (Wildman–Crippen MR) is 80.3 cm³/mol. The summed E-state index contributed by atoms with van der Waals surface area (Å²) in [5.74, 6) is -0.361. The van der Waals surface area contributed by atoms with E-state index in [9.17, 15) is 9.59 Å². The van der Waals surface area contributed by atoms with Gasteiger partial charge in [-0.3, -0.25) is 9.59 Å². The van der Waals surface area contributed by atoms with Crippen LogP contribution in [0.1, 0.15) is 21.5 Å². The Morgan fingerprint density at radius 3 is 2.40 bits per heavy atom. The van der Waals surface area contributed by atoms with Crippen molar-refractivity contribution in [1.29, 1.82) is 0 Å². The Morgan fingerprint density at radius 2 is 1.85 bits per heavy atom. The number of benzene rings is 2. The summed E-state index contributed by atoms with van der Waals surface area (Å²) in [6.45, 7) is 3.73. The third kappa shape index (κ3) is 3.01. The Morgan fingerprint density at radius 1 is 1.15 bits per heavy atom. The minimum Gasteiger partial charge on any atom is -0.369 e. The molecule has 3 nitrogen and oxygen atoms in total. The molecule has 0 radical (unpaired) electrons. The lowest BCUT2D eigenvalue weighted by Crippen LogP contribution is -2.13. The van der Waals surface area contributed by atoms with Crippen LogP contribution in [0.4, 0.5) is 0 Å². The molecule has 0 atom stereocenters. The van der Waals surface area contributed by atoms with Crippen molar-refractivity contribution in [1.82, 2.24) is 0 Å². The molecule has 2 rings (SSSR count). The smallest absolute Gasteiger partial charge is 0.221 e. The summed E-state index contributed by atoms with van der Waals surface area (Å²) in [5.41, 5.74) is 9.36. The van der Waals surface area contributed by atoms with Crippen molar-refractivity contribution in [2.45, 2.75) is 6.42 Å². The standard InChI is InChI=1S/C17H15NO2/c1-2-12-3-8-15(11-19)16(9-12)14-6-4-13(5-7-14)10-17(18)20/h2-9,11H,1,10H2,(H2,18,20). The summed E-state index contributed by atoms with van der Waals surface area (Å²) in [4.78, 5) is 22.0. The van der Waals surface area contributed by atoms with Crippen LogP contribution in [0, 0.1) is 0 Å². The molecule has 0 saturated heterocycles. The molecular formula is C17H15NO2. The molecule has 2 aromatic rings. The molecule has 20 heavy (non-hydrogen) atoms. The molecule has 100 valence electrons. The molecule has 0 aliphatic heterocycles. The van der Waals surface area contributed by atoms with E-state index in [2.05, 4.69) is 6.58 Å². The highest BCUT2D eigenvalue weighted by atomic mass is 16.1. The second-order valence-electron chi connectivity index (χ2n) is 4.51. The van der Waals surface area contributed by atoms with Crippen LogP contribution in [0.5, 0.6) is 0 Å². The van der Waals surface area contributed by atoms with Crippen LogP contribution in [-0.2, 0) is 11.2 Å². The van der Waals surface area contributed by atoms with Crippen molar-refractivity contribution < 1.29 is 9.59 Å². The second kappa shape index (κ2) is 5.97. The van der Waals surface area contributed by atoms with E-state index in [0.717, 1.165) is 28.5 Å². The molecule has 0 unspecified atom stereocenters. The zero-order valence-electron chi connectivity index (χ0n) is 11.0. The highest BCUT2D eigenvalue weighted by molar-refractivity contribution is 5.88. The summed E-state index contributed by atoms with van der Waals surface area (Å²) in [5, 5.41) is 0. The van der Waals surface area contributed by atoms with Gasteiger partial charge in [-0.2, -0.15) is 0 Å². The van der Waals surface area contributed by atoms with Crippen molar-refractivity contribution >= 4 is 18.3 Å². The second-order valence-corrected chi connectivity index (χ2v) is 4.51. The number of hydrogen-bond donors (Lipinski definition) is 1. The maximum atomic E-state index is 11.1. The van der Waals surface area contributed by atoms with Crippen LogP contribution in [0.2, 0.25) is 0 Å². The van der Waals surface area contributed by atoms with E-state index >= 15 is 0 Å². The van der Waals surface area contributed by atoms with Crippen LogP contribution < -0.4 is 5.73 Å². The molecule has 1 amide bonds. The third-order valence-corrected chi connectivity index (χ3v) is 3.08. The van der Waals surface area contributed by atoms with E-state index in [1.54, 1.807) is 12.1 Å². The fourth-order valence-electron chi connectivity index (χ4n) is 2.06. The van der Waals surface area contributed by atoms with Gasteiger partial charge in [-0.25, -0.2) is 0 Å². The average molecular weight is 265 g/mol. The van der Waals surface area contributed by atoms with Gasteiger partial charge in [0, 0.05) is 5.56 Å². The fraction of sp³-hybridized carbons (Fsp3) is 0.0588. The van der Waals surface area contributed by atoms with E-state index < -0.39 is 0 Å². The number of rotatable bonds is 5. The van der Waals surface area contributed by atoms with Crippen LogP contribution in [0.3, 0.4) is 0 Å². The molecule has 2 N–H and O–H groups in total. The summed E-state index contributed by atoms with van der Waals surface area (Å²) in [6.07, 6.45) is 2.78. The Labute approximate surface area is 117 Å². The average Bonchev–Trinajstić information content (AvgIpc) is 2.46. The molecule has 3 heteroatoms. The van der Waals surface area contributed by atoms with E-state index in [4.69, 9.17) is 5.73 Å². The first-order valence-electron chi connectivity index (χ1n) is 6.23. The first kappa shape index (κ1) is 13.7. The lowest BCUT2D eigenvalue weighted by atomic mass is 9.96. The van der Waals surface area contributed by atoms with Gasteiger partial charge < -0.3 is 5.73 Å². The summed E-state index contributed by atoms with van der Waals surface area (Å²) >= 11 is 0. The molecule has 0 fully saturated rings. The Hall–Kier alpha value is -2.68. The molecule has 0 saturated carbocycles. The first-order chi connectivity index (χ1) is 9.63. The van der Waals surface area contributed by atoms with Crippen LogP contribution in [0.15, 0.2) is 49.0 Å². The number of nitrogens with two attached hydrogens (primary N) is 1. The van der Waals surface area contributed by atoms with E-state index in [1.807, 2.05) is 36.4 Å². The molecular weight excluding hydrogens is 250 g/mol. The number of aldehydes is 1. The van der Waals surface area contributed by atoms with E-state index in [-0.39, 0.29) is 12.3 Å². The van der Waals surface area contributed by atoms with Gasteiger partial charge in [0.25, 0.3) is 0 Å². The van der Waals surface area contributed by atoms with Crippen molar-refractivity contribution in [3.8, 4) is 11.1 Å². The molecule has 0 aliphatic carbocycles. The number of primary amides is 1. The van der Waals surface area contributed by atoms with Crippen molar-refractivity contribution in [2.75, 3.05) is 0 Å². The number of hydrogen-bond acceptors (Lipinski definition) is 2. The fourth-order valence-corrected chi connectivity index (χ4v) is 2.06. The maximum absolute atomic E-state index is 11.1. The van der Waals surface area contributed by atoms with Gasteiger partial charge in [0.2, 0.25) is 5.91 Å². The topological polar surface area (TPSA) is 60.2 Å². The quantitative estimate of drug-likeness (QED) is 0.845. The molecule has 2 aromatic carbocycles. The van der Waals surface area contributed by atoms with Gasteiger partial charge in [-0.15, -0.1) is 0 Å². The monoisotopic (exact) mass is 265 g/mol. The molecule has 0 aliphatic rings. The molecule has 0 heterocycles. The largest absolute Gasteiger partial charge is 0.369 e. The van der Waals surface area contributed by atoms with E-state index in [1.165, 1.54) is 0 Å². The predicted octanol–water partition coefficient (Wildman–Crippen LogP) is 2.84. The maximum Gasteiger partial charge on any atom is 0.221 e. The van der Waals surface area contributed by atoms with Gasteiger partial charge >= 0.3 is 0 Å². The Kier molecular flexibility index (Phi) is 4.11. The van der Waals surface area contributed by atoms with Crippen molar-refractivity contribution in [2.24, 2.45) is 5.73 Å². The van der Waals surface area contributed by atoms with Crippen LogP contribution >= 0.6 is 0 Å². The Balaban J connectivity index is 2.42. The lowest BCUT2D eigenvalue weighted by molar-refractivity contribution is -0.117. The van der Waals surface area contributed by atoms with Crippen molar-refractivity contribution in [3.63, 3.8) is 0 Å². The molecule has 0 spiro atoms. The zero-order chi connectivity index (χ0) is 14.5. The summed E-state index contributed by atoms with van der Waals surface area (Å²) in [6, 6.07) is 13.0. The normalized spacial score (nSPS) is 10.0. The van der Waals surface area contributed by atoms with Crippen molar-refractivity contribution in [3.05, 3.63) is 65.7 Å². The first-order valence-corrected chi connectivity index (χ1v) is 6.23. The van der Waals surface area contributed by atoms with Gasteiger partial charge in [0.05, 0.1) is 6.42 Å². The van der Waals surface area contributed by atoms with Crippen LogP contribution in [-0.4, -0.2) is 12.2 Å². The number of carbonyl (C=O) groups is 2. The number of amides is 1. The molecule has 0 aromatic heterocycles.